The van der Waals surface area contributed by atoms with Gasteiger partial charge in [0.15, 0.2) is 4.90 Å². The molecule has 0 bridgehead atoms. The molecule has 1 fully saturated rings. The normalized spacial score (nSPS) is 17.7. The molecular formula is C14H22N2O4S. The second-order valence-electron chi connectivity index (χ2n) is 5.29. The Bertz CT molecular complexity index is 573. The van der Waals surface area contributed by atoms with E-state index >= 15 is 0 Å². The molecule has 0 aliphatic heterocycles. The van der Waals surface area contributed by atoms with E-state index in [0.717, 1.165) is 25.7 Å². The number of rotatable bonds is 6. The highest BCUT2D eigenvalue weighted by atomic mass is 32.2. The number of sulfonamides is 1. The Morgan fingerprint density at radius 2 is 1.71 bits per heavy atom. The van der Waals surface area contributed by atoms with Crippen molar-refractivity contribution in [3.63, 3.8) is 0 Å². The van der Waals surface area contributed by atoms with Crippen molar-refractivity contribution in [1.82, 2.24) is 4.72 Å². The molecule has 3 N–H and O–H groups in total. The quantitative estimate of drug-likeness (QED) is 0.825. The summed E-state index contributed by atoms with van der Waals surface area (Å²) in [4.78, 5) is 0.0229. The molecule has 0 amide bonds. The Kier molecular flexibility index (Phi) is 4.75. The number of ether oxygens (including phenoxy) is 2. The Balaban J connectivity index is 2.44. The molecule has 1 aromatic carbocycles. The summed E-state index contributed by atoms with van der Waals surface area (Å²) in [5, 5.41) is 0. The van der Waals surface area contributed by atoms with Gasteiger partial charge >= 0.3 is 0 Å². The highest BCUT2D eigenvalue weighted by Gasteiger charge is 2.38. The Morgan fingerprint density at radius 3 is 2.14 bits per heavy atom. The third-order valence-corrected chi connectivity index (χ3v) is 5.60. The molecule has 21 heavy (non-hydrogen) atoms. The lowest BCUT2D eigenvalue weighted by Gasteiger charge is -2.29. The number of benzene rings is 1. The van der Waals surface area contributed by atoms with Gasteiger partial charge in [-0.05, 0) is 25.0 Å². The van der Waals surface area contributed by atoms with E-state index in [9.17, 15) is 8.42 Å². The Morgan fingerprint density at radius 1 is 1.19 bits per heavy atom. The van der Waals surface area contributed by atoms with E-state index < -0.39 is 15.6 Å². The molecule has 0 unspecified atom stereocenters. The van der Waals surface area contributed by atoms with Crippen LogP contribution in [0.25, 0.3) is 0 Å². The number of methoxy groups -OCH3 is 2. The van der Waals surface area contributed by atoms with Crippen molar-refractivity contribution >= 4 is 10.0 Å². The molecular weight excluding hydrogens is 292 g/mol. The van der Waals surface area contributed by atoms with Gasteiger partial charge in [-0.15, -0.1) is 0 Å². The largest absolute Gasteiger partial charge is 0.495 e. The van der Waals surface area contributed by atoms with Crippen molar-refractivity contribution in [3.8, 4) is 11.5 Å². The molecule has 0 saturated heterocycles. The first-order chi connectivity index (χ1) is 9.98. The highest BCUT2D eigenvalue weighted by molar-refractivity contribution is 7.89. The van der Waals surface area contributed by atoms with Gasteiger partial charge in [-0.1, -0.05) is 18.9 Å². The fourth-order valence-corrected chi connectivity index (χ4v) is 4.61. The minimum Gasteiger partial charge on any atom is -0.495 e. The highest BCUT2D eigenvalue weighted by Crippen LogP contribution is 2.36. The maximum Gasteiger partial charge on any atom is 0.248 e. The second kappa shape index (κ2) is 6.21. The van der Waals surface area contributed by atoms with Crippen LogP contribution in [0.5, 0.6) is 11.5 Å². The molecule has 1 saturated carbocycles. The fourth-order valence-electron chi connectivity index (χ4n) is 2.82. The third-order valence-electron chi connectivity index (χ3n) is 3.95. The third kappa shape index (κ3) is 3.14. The molecule has 118 valence electrons. The lowest BCUT2D eigenvalue weighted by atomic mass is 10.0. The maximum absolute atomic E-state index is 12.8. The SMILES string of the molecule is COc1cccc(OC)c1S(=O)(=O)NC1(CN)CCCC1. The van der Waals surface area contributed by atoms with E-state index in [1.54, 1.807) is 18.2 Å². The van der Waals surface area contributed by atoms with Crippen LogP contribution in [-0.4, -0.2) is 34.7 Å². The molecule has 1 aromatic rings. The van der Waals surface area contributed by atoms with Gasteiger partial charge in [-0.25, -0.2) is 13.1 Å². The van der Waals surface area contributed by atoms with E-state index in [0.29, 0.717) is 0 Å². The van der Waals surface area contributed by atoms with Crippen LogP contribution in [0.4, 0.5) is 0 Å². The standard InChI is InChI=1S/C14H22N2O4S/c1-19-11-6-5-7-12(20-2)13(11)21(17,18)16-14(10-15)8-3-4-9-14/h5-7,16H,3-4,8-10,15H2,1-2H3. The van der Waals surface area contributed by atoms with Crippen LogP contribution in [0.2, 0.25) is 0 Å². The molecule has 0 heterocycles. The molecule has 2 rings (SSSR count). The van der Waals surface area contributed by atoms with Gasteiger partial charge < -0.3 is 15.2 Å². The van der Waals surface area contributed by atoms with Crippen LogP contribution in [-0.2, 0) is 10.0 Å². The van der Waals surface area contributed by atoms with Crippen molar-refractivity contribution in [2.75, 3.05) is 20.8 Å². The number of nitrogens with two attached hydrogens (primary N) is 1. The first kappa shape index (κ1) is 16.1. The average Bonchev–Trinajstić information content (AvgIpc) is 2.94. The van der Waals surface area contributed by atoms with Crippen LogP contribution in [0.1, 0.15) is 25.7 Å². The zero-order chi connectivity index (χ0) is 15.5. The molecule has 1 aliphatic rings. The predicted molar refractivity (Wildman–Crippen MR) is 80.1 cm³/mol. The lowest BCUT2D eigenvalue weighted by Crippen LogP contribution is -2.51. The summed E-state index contributed by atoms with van der Waals surface area (Å²) >= 11 is 0. The summed E-state index contributed by atoms with van der Waals surface area (Å²) in [6.07, 6.45) is 3.45. The number of nitrogens with one attached hydrogen (secondary N) is 1. The van der Waals surface area contributed by atoms with Gasteiger partial charge in [0, 0.05) is 12.1 Å². The van der Waals surface area contributed by atoms with Gasteiger partial charge in [0.2, 0.25) is 10.0 Å². The minimum atomic E-state index is -3.78. The average molecular weight is 314 g/mol. The topological polar surface area (TPSA) is 90.6 Å². The van der Waals surface area contributed by atoms with Gasteiger partial charge in [0.25, 0.3) is 0 Å². The first-order valence-corrected chi connectivity index (χ1v) is 8.41. The van der Waals surface area contributed by atoms with Crippen LogP contribution < -0.4 is 19.9 Å². The maximum atomic E-state index is 12.8. The molecule has 0 aromatic heterocycles. The summed E-state index contributed by atoms with van der Waals surface area (Å²) in [7, 11) is -0.915. The van der Waals surface area contributed by atoms with Crippen LogP contribution in [0, 0.1) is 0 Å². The van der Waals surface area contributed by atoms with E-state index in [1.807, 2.05) is 0 Å². The van der Waals surface area contributed by atoms with Gasteiger partial charge in [0.1, 0.15) is 11.5 Å². The fraction of sp³-hybridized carbons (Fsp3) is 0.571. The Labute approximate surface area is 125 Å². The first-order valence-electron chi connectivity index (χ1n) is 6.93. The summed E-state index contributed by atoms with van der Waals surface area (Å²) in [5.41, 5.74) is 5.24. The number of hydrogen-bond acceptors (Lipinski definition) is 5. The molecule has 6 nitrogen and oxygen atoms in total. The smallest absolute Gasteiger partial charge is 0.248 e. The van der Waals surface area contributed by atoms with Gasteiger partial charge in [0.05, 0.1) is 14.2 Å². The molecule has 7 heteroatoms. The summed E-state index contributed by atoms with van der Waals surface area (Å²) in [6, 6.07) is 4.88. The van der Waals surface area contributed by atoms with Gasteiger partial charge in [-0.2, -0.15) is 0 Å². The summed E-state index contributed by atoms with van der Waals surface area (Å²) < 4.78 is 38.7. The van der Waals surface area contributed by atoms with Crippen LogP contribution in [0.3, 0.4) is 0 Å². The minimum absolute atomic E-state index is 0.0229. The monoisotopic (exact) mass is 314 g/mol. The predicted octanol–water partition coefficient (Wildman–Crippen LogP) is 1.25. The van der Waals surface area contributed by atoms with E-state index in [2.05, 4.69) is 4.72 Å². The molecule has 1 aliphatic carbocycles. The molecule has 0 spiro atoms. The number of hydrogen-bond donors (Lipinski definition) is 2. The van der Waals surface area contributed by atoms with E-state index in [1.165, 1.54) is 14.2 Å². The summed E-state index contributed by atoms with van der Waals surface area (Å²) in [6.45, 7) is 0.281. The Hall–Kier alpha value is -1.31. The summed E-state index contributed by atoms with van der Waals surface area (Å²) in [5.74, 6) is 0.513. The second-order valence-corrected chi connectivity index (χ2v) is 6.91. The zero-order valence-corrected chi connectivity index (χ0v) is 13.2. The van der Waals surface area contributed by atoms with Crippen molar-refractivity contribution in [3.05, 3.63) is 18.2 Å². The van der Waals surface area contributed by atoms with E-state index in [-0.39, 0.29) is 22.9 Å². The van der Waals surface area contributed by atoms with Crippen molar-refractivity contribution in [2.24, 2.45) is 5.73 Å². The molecule has 0 atom stereocenters. The van der Waals surface area contributed by atoms with Crippen LogP contribution >= 0.6 is 0 Å². The lowest BCUT2D eigenvalue weighted by molar-refractivity contribution is 0.366. The zero-order valence-electron chi connectivity index (χ0n) is 12.4. The van der Waals surface area contributed by atoms with Gasteiger partial charge in [-0.3, -0.25) is 0 Å². The van der Waals surface area contributed by atoms with Crippen molar-refractivity contribution in [2.45, 2.75) is 36.1 Å². The van der Waals surface area contributed by atoms with Crippen LogP contribution in [0.15, 0.2) is 23.1 Å². The van der Waals surface area contributed by atoms with Crippen molar-refractivity contribution < 1.29 is 17.9 Å². The van der Waals surface area contributed by atoms with E-state index in [4.69, 9.17) is 15.2 Å². The van der Waals surface area contributed by atoms with Crippen molar-refractivity contribution in [1.29, 1.82) is 0 Å². The molecule has 0 radical (unpaired) electrons.